The van der Waals surface area contributed by atoms with Crippen LogP contribution < -0.4 is 0 Å². The highest BCUT2D eigenvalue weighted by atomic mass is 16.7. The molecule has 0 aliphatic carbocycles. The summed E-state index contributed by atoms with van der Waals surface area (Å²) in [6.45, 7) is 8.08. The van der Waals surface area contributed by atoms with E-state index < -0.39 is 18.4 Å². The van der Waals surface area contributed by atoms with Crippen LogP contribution >= 0.6 is 0 Å². The van der Waals surface area contributed by atoms with Crippen molar-refractivity contribution in [2.75, 3.05) is 6.61 Å². The van der Waals surface area contributed by atoms with Crippen LogP contribution in [-0.2, 0) is 18.9 Å². The van der Waals surface area contributed by atoms with E-state index in [2.05, 4.69) is 27.4 Å². The molecule has 0 rings (SSSR count). The van der Waals surface area contributed by atoms with Crippen molar-refractivity contribution in [2.24, 2.45) is 0 Å². The van der Waals surface area contributed by atoms with Gasteiger partial charge in [-0.25, -0.2) is 9.59 Å². The Labute approximate surface area is 93.4 Å². The maximum absolute atomic E-state index is 10.8. The molecule has 0 fully saturated rings. The Kier molecular flexibility index (Phi) is 7.31. The fourth-order valence-corrected chi connectivity index (χ4v) is 0.729. The highest BCUT2D eigenvalue weighted by Gasteiger charge is 2.10. The summed E-state index contributed by atoms with van der Waals surface area (Å²) in [5, 5.41) is 0. The third-order valence-electron chi connectivity index (χ3n) is 1.40. The fraction of sp³-hybridized carbons (Fsp3) is 0.400. The molecule has 0 aromatic rings. The van der Waals surface area contributed by atoms with Crippen molar-refractivity contribution in [3.63, 3.8) is 0 Å². The van der Waals surface area contributed by atoms with Crippen molar-refractivity contribution < 1.29 is 28.5 Å². The molecule has 0 radical (unpaired) electrons. The summed E-state index contributed by atoms with van der Waals surface area (Å²) in [6, 6.07) is 0. The van der Waals surface area contributed by atoms with Crippen molar-refractivity contribution in [3.8, 4) is 0 Å². The molecule has 6 nitrogen and oxygen atoms in total. The summed E-state index contributed by atoms with van der Waals surface area (Å²) in [6.07, 6.45) is 0.117. The van der Waals surface area contributed by atoms with E-state index in [0.29, 0.717) is 6.42 Å². The number of rotatable bonds is 6. The lowest BCUT2D eigenvalue weighted by Crippen LogP contribution is -2.17. The third-order valence-corrected chi connectivity index (χ3v) is 1.40. The molecule has 1 atom stereocenters. The summed E-state index contributed by atoms with van der Waals surface area (Å²) < 4.78 is 18.0. The predicted molar refractivity (Wildman–Crippen MR) is 54.5 cm³/mol. The van der Waals surface area contributed by atoms with Gasteiger partial charge >= 0.3 is 12.3 Å². The van der Waals surface area contributed by atoms with Crippen LogP contribution in [0.15, 0.2) is 25.7 Å². The minimum atomic E-state index is -0.851. The zero-order chi connectivity index (χ0) is 12.4. The second kappa shape index (κ2) is 8.34. The second-order valence-electron chi connectivity index (χ2n) is 2.63. The summed E-state index contributed by atoms with van der Waals surface area (Å²) in [5.41, 5.74) is 0. The quantitative estimate of drug-likeness (QED) is 0.515. The minimum Gasteiger partial charge on any atom is -0.434 e. The van der Waals surface area contributed by atoms with Crippen LogP contribution in [0.3, 0.4) is 0 Å². The monoisotopic (exact) mass is 230 g/mol. The molecule has 16 heavy (non-hydrogen) atoms. The molecule has 0 aromatic heterocycles. The first-order chi connectivity index (χ1) is 7.60. The topological polar surface area (TPSA) is 71.1 Å². The van der Waals surface area contributed by atoms with E-state index in [1.807, 2.05) is 0 Å². The Hall–Kier alpha value is -1.98. The highest BCUT2D eigenvalue weighted by molar-refractivity contribution is 5.61. The molecule has 6 heteroatoms. The van der Waals surface area contributed by atoms with Crippen LogP contribution in [0.5, 0.6) is 0 Å². The number of ether oxygens (including phenoxy) is 4. The van der Waals surface area contributed by atoms with Crippen LogP contribution in [0.25, 0.3) is 0 Å². The van der Waals surface area contributed by atoms with Crippen LogP contribution in [0.2, 0.25) is 0 Å². The van der Waals surface area contributed by atoms with Gasteiger partial charge in [-0.2, -0.15) is 0 Å². The van der Waals surface area contributed by atoms with Crippen molar-refractivity contribution in [2.45, 2.75) is 19.4 Å². The first-order valence-electron chi connectivity index (χ1n) is 4.52. The zero-order valence-corrected chi connectivity index (χ0v) is 9.01. The number of hydrogen-bond acceptors (Lipinski definition) is 6. The Morgan fingerprint density at radius 1 is 1.19 bits per heavy atom. The van der Waals surface area contributed by atoms with Gasteiger partial charge in [0.25, 0.3) is 0 Å². The number of hydrogen-bond donors (Lipinski definition) is 0. The average molecular weight is 230 g/mol. The molecule has 0 aliphatic rings. The second-order valence-corrected chi connectivity index (χ2v) is 2.63. The van der Waals surface area contributed by atoms with Crippen molar-refractivity contribution >= 4 is 12.3 Å². The largest absolute Gasteiger partial charge is 0.513 e. The van der Waals surface area contributed by atoms with Gasteiger partial charge in [0.15, 0.2) is 0 Å². The van der Waals surface area contributed by atoms with Crippen molar-refractivity contribution in [3.05, 3.63) is 25.7 Å². The van der Waals surface area contributed by atoms with Crippen LogP contribution in [0, 0.1) is 0 Å². The van der Waals surface area contributed by atoms with Gasteiger partial charge in [0, 0.05) is 6.42 Å². The fourth-order valence-electron chi connectivity index (χ4n) is 0.729. The Bertz CT molecular complexity index is 260. The summed E-state index contributed by atoms with van der Waals surface area (Å²) >= 11 is 0. The SMILES string of the molecule is C=COC(=O)OCC[C@@H](C)OC(=O)OC=C. The molecule has 0 saturated carbocycles. The van der Waals surface area contributed by atoms with E-state index in [9.17, 15) is 9.59 Å². The number of carbonyl (C=O) groups is 2. The van der Waals surface area contributed by atoms with Crippen molar-refractivity contribution in [1.82, 2.24) is 0 Å². The Morgan fingerprint density at radius 3 is 2.31 bits per heavy atom. The van der Waals surface area contributed by atoms with Gasteiger partial charge in [-0.3, -0.25) is 0 Å². The Balaban J connectivity index is 3.60. The maximum atomic E-state index is 10.8. The lowest BCUT2D eigenvalue weighted by molar-refractivity contribution is 0.0344. The Morgan fingerprint density at radius 2 is 1.75 bits per heavy atom. The number of carbonyl (C=O) groups excluding carboxylic acids is 2. The van der Waals surface area contributed by atoms with Gasteiger partial charge in [-0.1, -0.05) is 13.2 Å². The van der Waals surface area contributed by atoms with Gasteiger partial charge in [-0.15, -0.1) is 0 Å². The molecule has 0 aliphatic heterocycles. The molecule has 0 unspecified atom stereocenters. The molecule has 0 spiro atoms. The van der Waals surface area contributed by atoms with E-state index in [-0.39, 0.29) is 6.61 Å². The molecule has 0 amide bonds. The molecular formula is C10H14O6. The van der Waals surface area contributed by atoms with Crippen LogP contribution in [-0.4, -0.2) is 25.0 Å². The highest BCUT2D eigenvalue weighted by Crippen LogP contribution is 2.01. The van der Waals surface area contributed by atoms with Gasteiger partial charge in [0.1, 0.15) is 6.10 Å². The van der Waals surface area contributed by atoms with E-state index in [1.54, 1.807) is 6.92 Å². The first kappa shape index (κ1) is 14.0. The summed E-state index contributed by atoms with van der Waals surface area (Å²) in [7, 11) is 0. The lowest BCUT2D eigenvalue weighted by Gasteiger charge is -2.11. The molecule has 0 heterocycles. The standard InChI is InChI=1S/C10H14O6/c1-4-13-9(11)15-7-6-8(3)16-10(12)14-5-2/h4-5,8H,1-2,6-7H2,3H3/t8-/m1/s1. The molecule has 0 aromatic carbocycles. The summed E-state index contributed by atoms with van der Waals surface area (Å²) in [5.74, 6) is 0. The van der Waals surface area contributed by atoms with Crippen molar-refractivity contribution in [1.29, 1.82) is 0 Å². The third kappa shape index (κ3) is 7.43. The summed E-state index contributed by atoms with van der Waals surface area (Å²) in [4.78, 5) is 21.5. The van der Waals surface area contributed by atoms with E-state index in [1.165, 1.54) is 0 Å². The molecule has 0 bridgehead atoms. The lowest BCUT2D eigenvalue weighted by atomic mass is 10.3. The minimum absolute atomic E-state index is 0.0647. The van der Waals surface area contributed by atoms with Gasteiger partial charge in [0.05, 0.1) is 19.1 Å². The molecular weight excluding hydrogens is 216 g/mol. The average Bonchev–Trinajstić information content (AvgIpc) is 2.18. The molecule has 0 N–H and O–H groups in total. The van der Waals surface area contributed by atoms with E-state index in [0.717, 1.165) is 12.5 Å². The van der Waals surface area contributed by atoms with Gasteiger partial charge in [-0.05, 0) is 6.92 Å². The van der Waals surface area contributed by atoms with E-state index in [4.69, 9.17) is 4.74 Å². The van der Waals surface area contributed by atoms with Gasteiger partial charge < -0.3 is 18.9 Å². The predicted octanol–water partition coefficient (Wildman–Crippen LogP) is 2.36. The zero-order valence-electron chi connectivity index (χ0n) is 9.01. The van der Waals surface area contributed by atoms with E-state index >= 15 is 0 Å². The van der Waals surface area contributed by atoms with Crippen LogP contribution in [0.1, 0.15) is 13.3 Å². The molecule has 90 valence electrons. The normalized spacial score (nSPS) is 10.8. The molecule has 0 saturated heterocycles. The van der Waals surface area contributed by atoms with Crippen LogP contribution in [0.4, 0.5) is 9.59 Å². The van der Waals surface area contributed by atoms with Gasteiger partial charge in [0.2, 0.25) is 0 Å². The smallest absolute Gasteiger partial charge is 0.434 e. The first-order valence-corrected chi connectivity index (χ1v) is 4.52. The maximum Gasteiger partial charge on any atom is 0.513 e.